The molecule has 2 unspecified atom stereocenters. The van der Waals surface area contributed by atoms with Crippen LogP contribution in [0, 0.1) is 0 Å². The van der Waals surface area contributed by atoms with E-state index in [1.807, 2.05) is 54.6 Å². The Hall–Kier alpha value is -2.33. The fourth-order valence-electron chi connectivity index (χ4n) is 3.46. The number of hydrogen-bond donors (Lipinski definition) is 1. The van der Waals surface area contributed by atoms with E-state index in [0.29, 0.717) is 12.4 Å². The van der Waals surface area contributed by atoms with E-state index in [1.54, 1.807) is 0 Å². The van der Waals surface area contributed by atoms with Crippen molar-refractivity contribution < 1.29 is 14.3 Å². The van der Waals surface area contributed by atoms with Gasteiger partial charge in [0.1, 0.15) is 12.4 Å². The minimum absolute atomic E-state index is 0.00742. The molecule has 144 valence electrons. The van der Waals surface area contributed by atoms with Gasteiger partial charge in [-0.3, -0.25) is 4.79 Å². The van der Waals surface area contributed by atoms with Gasteiger partial charge in [-0.05, 0) is 43.4 Å². The van der Waals surface area contributed by atoms with Gasteiger partial charge in [0, 0.05) is 6.61 Å². The second-order valence-corrected chi connectivity index (χ2v) is 7.04. The molecule has 1 fully saturated rings. The number of ether oxygens (including phenoxy) is 2. The maximum absolute atomic E-state index is 13.0. The Bertz CT molecular complexity index is 711. The molecule has 1 heterocycles. The van der Waals surface area contributed by atoms with Crippen LogP contribution < -0.4 is 10.1 Å². The van der Waals surface area contributed by atoms with Gasteiger partial charge in [0.2, 0.25) is 5.91 Å². The van der Waals surface area contributed by atoms with E-state index < -0.39 is 0 Å². The van der Waals surface area contributed by atoms with Crippen LogP contribution in [-0.4, -0.2) is 25.2 Å². The number of nitrogens with one attached hydrogen (secondary N) is 1. The summed E-state index contributed by atoms with van der Waals surface area (Å²) in [7, 11) is 0. The van der Waals surface area contributed by atoms with Crippen molar-refractivity contribution in [1.29, 1.82) is 0 Å². The average molecular weight is 367 g/mol. The molecule has 4 heteroatoms. The first-order valence-electron chi connectivity index (χ1n) is 9.97. The number of carbonyl (C=O) groups excluding carboxylic acids is 1. The predicted octanol–water partition coefficient (Wildman–Crippen LogP) is 5.16. The first kappa shape index (κ1) is 19.4. The van der Waals surface area contributed by atoms with E-state index in [9.17, 15) is 4.79 Å². The van der Waals surface area contributed by atoms with E-state index in [4.69, 9.17) is 9.47 Å². The van der Waals surface area contributed by atoms with Crippen LogP contribution in [0.4, 0.5) is 5.69 Å². The molecule has 0 aromatic heterocycles. The second-order valence-electron chi connectivity index (χ2n) is 7.04. The van der Waals surface area contributed by atoms with Crippen molar-refractivity contribution >= 4 is 11.6 Å². The normalized spacial score (nSPS) is 17.9. The van der Waals surface area contributed by atoms with E-state index in [-0.39, 0.29) is 17.9 Å². The molecule has 1 N–H and O–H groups in total. The molecule has 1 amide bonds. The lowest BCUT2D eigenvalue weighted by atomic mass is 9.93. The molecule has 0 spiro atoms. The predicted molar refractivity (Wildman–Crippen MR) is 108 cm³/mol. The van der Waals surface area contributed by atoms with Gasteiger partial charge >= 0.3 is 0 Å². The van der Waals surface area contributed by atoms with Crippen molar-refractivity contribution in [3.8, 4) is 5.75 Å². The number of benzene rings is 2. The molecule has 2 aromatic carbocycles. The van der Waals surface area contributed by atoms with Crippen LogP contribution in [0.25, 0.3) is 0 Å². The summed E-state index contributed by atoms with van der Waals surface area (Å²) in [5.41, 5.74) is 1.76. The summed E-state index contributed by atoms with van der Waals surface area (Å²) < 4.78 is 11.7. The van der Waals surface area contributed by atoms with Crippen molar-refractivity contribution in [2.24, 2.45) is 0 Å². The Morgan fingerprint density at radius 1 is 1.15 bits per heavy atom. The average Bonchev–Trinajstić information content (AvgIpc) is 2.72. The summed E-state index contributed by atoms with van der Waals surface area (Å²) in [6.07, 6.45) is 5.24. The highest BCUT2D eigenvalue weighted by Gasteiger charge is 2.21. The third-order valence-corrected chi connectivity index (χ3v) is 4.94. The van der Waals surface area contributed by atoms with E-state index in [2.05, 4.69) is 12.2 Å². The van der Waals surface area contributed by atoms with E-state index >= 15 is 0 Å². The van der Waals surface area contributed by atoms with Gasteiger partial charge in [-0.25, -0.2) is 0 Å². The first-order valence-corrected chi connectivity index (χ1v) is 9.97. The lowest BCUT2D eigenvalue weighted by Gasteiger charge is -2.23. The fourth-order valence-corrected chi connectivity index (χ4v) is 3.46. The van der Waals surface area contributed by atoms with Crippen LogP contribution in [-0.2, 0) is 9.53 Å². The maximum atomic E-state index is 13.0. The minimum atomic E-state index is -0.161. The Balaban J connectivity index is 1.67. The summed E-state index contributed by atoms with van der Waals surface area (Å²) >= 11 is 0. The van der Waals surface area contributed by atoms with E-state index in [1.165, 1.54) is 6.42 Å². The van der Waals surface area contributed by atoms with Crippen LogP contribution in [0.5, 0.6) is 5.75 Å². The Labute approximate surface area is 161 Å². The fraction of sp³-hybridized carbons (Fsp3) is 0.435. The lowest BCUT2D eigenvalue weighted by Crippen LogP contribution is -2.26. The first-order chi connectivity index (χ1) is 13.3. The highest BCUT2D eigenvalue weighted by Crippen LogP contribution is 2.28. The third-order valence-electron chi connectivity index (χ3n) is 4.94. The summed E-state index contributed by atoms with van der Waals surface area (Å²) in [5.74, 6) is 0.544. The second kappa shape index (κ2) is 10.1. The highest BCUT2D eigenvalue weighted by atomic mass is 16.5. The smallest absolute Gasteiger partial charge is 0.232 e. The lowest BCUT2D eigenvalue weighted by molar-refractivity contribution is -0.117. The molecule has 3 rings (SSSR count). The Morgan fingerprint density at radius 3 is 2.67 bits per heavy atom. The summed E-state index contributed by atoms with van der Waals surface area (Å²) in [6.45, 7) is 3.43. The van der Waals surface area contributed by atoms with Gasteiger partial charge in [0.05, 0.1) is 17.7 Å². The molecule has 0 saturated carbocycles. The van der Waals surface area contributed by atoms with Crippen LogP contribution in [0.2, 0.25) is 0 Å². The molecule has 2 aromatic rings. The molecule has 1 aliphatic rings. The summed E-state index contributed by atoms with van der Waals surface area (Å²) in [4.78, 5) is 13.0. The zero-order valence-corrected chi connectivity index (χ0v) is 16.0. The number of hydrogen-bond acceptors (Lipinski definition) is 3. The van der Waals surface area contributed by atoms with Crippen molar-refractivity contribution in [3.05, 3.63) is 60.2 Å². The maximum Gasteiger partial charge on any atom is 0.232 e. The number of rotatable bonds is 8. The van der Waals surface area contributed by atoms with Crippen molar-refractivity contribution in [2.75, 3.05) is 18.5 Å². The topological polar surface area (TPSA) is 47.6 Å². The Morgan fingerprint density at radius 2 is 1.93 bits per heavy atom. The number of carbonyl (C=O) groups is 1. The third kappa shape index (κ3) is 5.57. The monoisotopic (exact) mass is 367 g/mol. The molecule has 1 saturated heterocycles. The quantitative estimate of drug-likeness (QED) is 0.701. The Kier molecular flexibility index (Phi) is 7.28. The van der Waals surface area contributed by atoms with E-state index in [0.717, 1.165) is 43.5 Å². The minimum Gasteiger partial charge on any atom is -0.489 e. The molecular weight excluding hydrogens is 338 g/mol. The molecule has 2 atom stereocenters. The zero-order chi connectivity index (χ0) is 18.9. The van der Waals surface area contributed by atoms with Gasteiger partial charge < -0.3 is 14.8 Å². The zero-order valence-electron chi connectivity index (χ0n) is 16.0. The molecule has 0 radical (unpaired) electrons. The van der Waals surface area contributed by atoms with Gasteiger partial charge in [-0.15, -0.1) is 0 Å². The largest absolute Gasteiger partial charge is 0.489 e. The number of amides is 1. The standard InChI is InChI=1S/C23H29NO3/c1-2-10-20(18-11-4-3-5-12-18)23(25)24-21-14-6-7-15-22(21)27-17-19-13-8-9-16-26-19/h3-7,11-12,14-15,19-20H,2,8-10,13,16-17H2,1H3,(H,24,25). The van der Waals surface area contributed by atoms with Crippen LogP contribution in [0.3, 0.4) is 0 Å². The van der Waals surface area contributed by atoms with Crippen molar-refractivity contribution in [3.63, 3.8) is 0 Å². The highest BCUT2D eigenvalue weighted by molar-refractivity contribution is 5.97. The molecule has 1 aliphatic heterocycles. The number of para-hydroxylation sites is 2. The molecular formula is C23H29NO3. The van der Waals surface area contributed by atoms with Crippen molar-refractivity contribution in [1.82, 2.24) is 0 Å². The molecule has 27 heavy (non-hydrogen) atoms. The SMILES string of the molecule is CCCC(C(=O)Nc1ccccc1OCC1CCCCO1)c1ccccc1. The van der Waals surface area contributed by atoms with Gasteiger partial charge in [0.15, 0.2) is 0 Å². The molecule has 0 aliphatic carbocycles. The molecule has 4 nitrogen and oxygen atoms in total. The summed E-state index contributed by atoms with van der Waals surface area (Å²) in [5, 5.41) is 3.08. The molecule has 0 bridgehead atoms. The van der Waals surface area contributed by atoms with Crippen LogP contribution in [0.15, 0.2) is 54.6 Å². The van der Waals surface area contributed by atoms with Crippen LogP contribution in [0.1, 0.15) is 50.5 Å². The van der Waals surface area contributed by atoms with Crippen molar-refractivity contribution in [2.45, 2.75) is 51.0 Å². The summed E-state index contributed by atoms with van der Waals surface area (Å²) in [6, 6.07) is 17.6. The van der Waals surface area contributed by atoms with Gasteiger partial charge in [-0.2, -0.15) is 0 Å². The van der Waals surface area contributed by atoms with Gasteiger partial charge in [-0.1, -0.05) is 55.8 Å². The van der Waals surface area contributed by atoms with Gasteiger partial charge in [0.25, 0.3) is 0 Å². The number of anilines is 1. The van der Waals surface area contributed by atoms with Crippen LogP contribution >= 0.6 is 0 Å².